The SMILES string of the molecule is COc1cc(/C=N/NC(=O)c2ccccn2)ccc1OCc1ccc(Cl)cc1. The van der Waals surface area contributed by atoms with Gasteiger partial charge in [-0.2, -0.15) is 5.10 Å². The van der Waals surface area contributed by atoms with Gasteiger partial charge in [-0.25, -0.2) is 5.43 Å². The number of pyridine rings is 1. The molecule has 0 fully saturated rings. The number of rotatable bonds is 7. The van der Waals surface area contributed by atoms with E-state index in [1.165, 1.54) is 6.21 Å². The molecule has 0 saturated carbocycles. The van der Waals surface area contributed by atoms with Gasteiger partial charge >= 0.3 is 0 Å². The van der Waals surface area contributed by atoms with Crippen LogP contribution in [0.1, 0.15) is 21.6 Å². The summed E-state index contributed by atoms with van der Waals surface area (Å²) in [7, 11) is 1.56. The average molecular weight is 396 g/mol. The van der Waals surface area contributed by atoms with Gasteiger partial charge in [0.15, 0.2) is 11.5 Å². The van der Waals surface area contributed by atoms with Crippen molar-refractivity contribution >= 4 is 23.7 Å². The Kier molecular flexibility index (Phi) is 6.59. The highest BCUT2D eigenvalue weighted by atomic mass is 35.5. The molecule has 1 aromatic heterocycles. The Balaban J connectivity index is 1.62. The summed E-state index contributed by atoms with van der Waals surface area (Å²) in [6, 6.07) is 17.9. The Hall–Kier alpha value is -3.38. The molecule has 0 aliphatic heterocycles. The lowest BCUT2D eigenvalue weighted by Gasteiger charge is -2.11. The molecule has 1 N–H and O–H groups in total. The summed E-state index contributed by atoms with van der Waals surface area (Å²) in [4.78, 5) is 15.9. The number of amides is 1. The maximum Gasteiger partial charge on any atom is 0.289 e. The molecule has 1 heterocycles. The van der Waals surface area contributed by atoms with Gasteiger partial charge in [-0.05, 0) is 53.6 Å². The van der Waals surface area contributed by atoms with E-state index in [1.807, 2.05) is 30.3 Å². The second-order valence-corrected chi connectivity index (χ2v) is 6.18. The third-order valence-corrected chi connectivity index (χ3v) is 4.02. The lowest BCUT2D eigenvalue weighted by Crippen LogP contribution is -2.18. The molecule has 0 radical (unpaired) electrons. The first-order chi connectivity index (χ1) is 13.7. The van der Waals surface area contributed by atoms with E-state index in [9.17, 15) is 4.79 Å². The van der Waals surface area contributed by atoms with E-state index in [0.29, 0.717) is 28.8 Å². The van der Waals surface area contributed by atoms with Crippen molar-refractivity contribution in [2.75, 3.05) is 7.11 Å². The van der Waals surface area contributed by atoms with Crippen LogP contribution in [0.5, 0.6) is 11.5 Å². The molecule has 2 aromatic carbocycles. The molecule has 3 aromatic rings. The largest absolute Gasteiger partial charge is 0.493 e. The Morgan fingerprint density at radius 1 is 1.14 bits per heavy atom. The number of nitrogens with one attached hydrogen (secondary N) is 1. The highest BCUT2D eigenvalue weighted by Gasteiger charge is 2.07. The quantitative estimate of drug-likeness (QED) is 0.483. The monoisotopic (exact) mass is 395 g/mol. The standard InChI is InChI=1S/C21H18ClN3O3/c1-27-20-12-16(13-24-25-21(26)18-4-2-3-11-23-18)7-10-19(20)28-14-15-5-8-17(22)9-6-15/h2-13H,14H2,1H3,(H,25,26)/b24-13+. The molecule has 0 aliphatic rings. The molecule has 6 nitrogen and oxygen atoms in total. The van der Waals surface area contributed by atoms with Crippen LogP contribution in [0.25, 0.3) is 0 Å². The zero-order valence-corrected chi connectivity index (χ0v) is 15.9. The van der Waals surface area contributed by atoms with Crippen LogP contribution in [0, 0.1) is 0 Å². The number of carbonyl (C=O) groups excluding carboxylic acids is 1. The lowest BCUT2D eigenvalue weighted by atomic mass is 10.2. The number of hydrogen-bond acceptors (Lipinski definition) is 5. The maximum absolute atomic E-state index is 11.9. The number of hydrazone groups is 1. The lowest BCUT2D eigenvalue weighted by molar-refractivity contribution is 0.0950. The molecule has 0 atom stereocenters. The maximum atomic E-state index is 11.9. The van der Waals surface area contributed by atoms with Crippen molar-refractivity contribution in [2.45, 2.75) is 6.61 Å². The Labute approximate surface area is 167 Å². The predicted octanol–water partition coefficient (Wildman–Crippen LogP) is 4.09. The number of hydrogen-bond donors (Lipinski definition) is 1. The van der Waals surface area contributed by atoms with Crippen LogP contribution in [-0.4, -0.2) is 24.2 Å². The van der Waals surface area contributed by atoms with Gasteiger partial charge < -0.3 is 9.47 Å². The normalized spacial score (nSPS) is 10.6. The molecular weight excluding hydrogens is 378 g/mol. The van der Waals surface area contributed by atoms with Gasteiger partial charge in [0.2, 0.25) is 0 Å². The van der Waals surface area contributed by atoms with Gasteiger partial charge in [0.1, 0.15) is 12.3 Å². The summed E-state index contributed by atoms with van der Waals surface area (Å²) in [5.41, 5.74) is 4.47. The molecular formula is C21H18ClN3O3. The van der Waals surface area contributed by atoms with Crippen LogP contribution in [0.15, 0.2) is 72.0 Å². The molecule has 3 rings (SSSR count). The van der Waals surface area contributed by atoms with Gasteiger partial charge in [0.25, 0.3) is 5.91 Å². The molecule has 0 aliphatic carbocycles. The minimum Gasteiger partial charge on any atom is -0.493 e. The molecule has 1 amide bonds. The molecule has 28 heavy (non-hydrogen) atoms. The Morgan fingerprint density at radius 3 is 2.68 bits per heavy atom. The van der Waals surface area contributed by atoms with E-state index < -0.39 is 0 Å². The van der Waals surface area contributed by atoms with Gasteiger partial charge in [-0.3, -0.25) is 9.78 Å². The summed E-state index contributed by atoms with van der Waals surface area (Å²) >= 11 is 5.89. The van der Waals surface area contributed by atoms with Crippen molar-refractivity contribution in [3.8, 4) is 11.5 Å². The van der Waals surface area contributed by atoms with Crippen molar-refractivity contribution in [1.29, 1.82) is 0 Å². The predicted molar refractivity (Wildman–Crippen MR) is 108 cm³/mol. The Morgan fingerprint density at radius 2 is 1.96 bits per heavy atom. The smallest absolute Gasteiger partial charge is 0.289 e. The first-order valence-electron chi connectivity index (χ1n) is 8.45. The minimum atomic E-state index is -0.383. The van der Waals surface area contributed by atoms with Crippen molar-refractivity contribution in [2.24, 2.45) is 5.10 Å². The van der Waals surface area contributed by atoms with Gasteiger partial charge in [-0.1, -0.05) is 29.8 Å². The van der Waals surface area contributed by atoms with E-state index in [4.69, 9.17) is 21.1 Å². The third kappa shape index (κ3) is 5.31. The zero-order valence-electron chi connectivity index (χ0n) is 15.1. The van der Waals surface area contributed by atoms with Crippen LogP contribution in [0.4, 0.5) is 0 Å². The van der Waals surface area contributed by atoms with Crippen LogP contribution < -0.4 is 14.9 Å². The number of methoxy groups -OCH3 is 1. The number of nitrogens with zero attached hydrogens (tertiary/aromatic N) is 2. The highest BCUT2D eigenvalue weighted by molar-refractivity contribution is 6.30. The van der Waals surface area contributed by atoms with Crippen LogP contribution in [-0.2, 0) is 6.61 Å². The van der Waals surface area contributed by atoms with E-state index in [2.05, 4.69) is 15.5 Å². The van der Waals surface area contributed by atoms with E-state index in [1.54, 1.807) is 43.6 Å². The molecule has 0 saturated heterocycles. The van der Waals surface area contributed by atoms with Crippen molar-refractivity contribution < 1.29 is 14.3 Å². The van der Waals surface area contributed by atoms with Crippen molar-refractivity contribution in [1.82, 2.24) is 10.4 Å². The number of ether oxygens (including phenoxy) is 2. The van der Waals surface area contributed by atoms with Crippen molar-refractivity contribution in [3.63, 3.8) is 0 Å². The van der Waals surface area contributed by atoms with E-state index in [0.717, 1.165) is 11.1 Å². The molecule has 0 spiro atoms. The number of carbonyl (C=O) groups is 1. The van der Waals surface area contributed by atoms with E-state index >= 15 is 0 Å². The second kappa shape index (κ2) is 9.53. The van der Waals surface area contributed by atoms with Gasteiger partial charge in [-0.15, -0.1) is 0 Å². The molecule has 0 bridgehead atoms. The molecule has 142 valence electrons. The zero-order chi connectivity index (χ0) is 19.8. The summed E-state index contributed by atoms with van der Waals surface area (Å²) < 4.78 is 11.2. The summed E-state index contributed by atoms with van der Waals surface area (Å²) in [5, 5.41) is 4.63. The fourth-order valence-corrected chi connectivity index (χ4v) is 2.47. The Bertz CT molecular complexity index is 960. The third-order valence-electron chi connectivity index (χ3n) is 3.77. The van der Waals surface area contributed by atoms with Gasteiger partial charge in [0, 0.05) is 11.2 Å². The number of aromatic nitrogens is 1. The van der Waals surface area contributed by atoms with Crippen LogP contribution in [0.2, 0.25) is 5.02 Å². The van der Waals surface area contributed by atoms with Crippen LogP contribution >= 0.6 is 11.6 Å². The van der Waals surface area contributed by atoms with E-state index in [-0.39, 0.29) is 5.91 Å². The minimum absolute atomic E-state index is 0.295. The first kappa shape index (κ1) is 19.4. The summed E-state index contributed by atoms with van der Waals surface area (Å²) in [6.07, 6.45) is 3.07. The fourth-order valence-electron chi connectivity index (χ4n) is 2.35. The fraction of sp³-hybridized carbons (Fsp3) is 0.0952. The summed E-state index contributed by atoms with van der Waals surface area (Å²) in [6.45, 7) is 0.390. The summed E-state index contributed by atoms with van der Waals surface area (Å²) in [5.74, 6) is 0.785. The highest BCUT2D eigenvalue weighted by Crippen LogP contribution is 2.28. The molecule has 0 unspecified atom stereocenters. The topological polar surface area (TPSA) is 72.8 Å². The first-order valence-corrected chi connectivity index (χ1v) is 8.83. The second-order valence-electron chi connectivity index (χ2n) is 5.74. The van der Waals surface area contributed by atoms with Gasteiger partial charge in [0.05, 0.1) is 13.3 Å². The van der Waals surface area contributed by atoms with Crippen molar-refractivity contribution in [3.05, 3.63) is 88.7 Å². The number of benzene rings is 2. The van der Waals surface area contributed by atoms with Crippen LogP contribution in [0.3, 0.4) is 0 Å². The number of halogens is 1. The molecule has 7 heteroatoms. The average Bonchev–Trinajstić information content (AvgIpc) is 2.74.